The first-order chi connectivity index (χ1) is 5.25. The van der Waals surface area contributed by atoms with E-state index in [9.17, 15) is 4.79 Å². The Morgan fingerprint density at radius 2 is 2.64 bits per heavy atom. The Kier molecular flexibility index (Phi) is 1.74. The van der Waals surface area contributed by atoms with E-state index in [0.29, 0.717) is 0 Å². The molecule has 0 aliphatic carbocycles. The zero-order valence-corrected chi connectivity index (χ0v) is 5.46. The van der Waals surface area contributed by atoms with Crippen LogP contribution in [0.3, 0.4) is 0 Å². The summed E-state index contributed by atoms with van der Waals surface area (Å²) in [6.07, 6.45) is 2.90. The van der Waals surface area contributed by atoms with Crippen molar-refractivity contribution in [3.05, 3.63) is 12.0 Å². The van der Waals surface area contributed by atoms with Gasteiger partial charge in [-0.25, -0.2) is 4.98 Å². The zero-order valence-electron chi connectivity index (χ0n) is 5.46. The Balaban J connectivity index is 2.98. The van der Waals surface area contributed by atoms with Crippen LogP contribution in [0, 0.1) is 11.5 Å². The average molecular weight is 151 g/mol. The number of imidazole rings is 1. The Morgan fingerprint density at radius 3 is 3.18 bits per heavy atom. The molecule has 0 unspecified atom stereocenters. The third kappa shape index (κ3) is 1.27. The van der Waals surface area contributed by atoms with Crippen molar-refractivity contribution in [2.24, 2.45) is 5.73 Å². The lowest BCUT2D eigenvalue weighted by molar-refractivity contribution is 0.0997. The normalized spacial score (nSPS) is 8.64. The van der Waals surface area contributed by atoms with Gasteiger partial charge in [0.2, 0.25) is 0 Å². The van der Waals surface area contributed by atoms with Crippen molar-refractivity contribution in [2.75, 3.05) is 5.32 Å². The molecule has 0 aromatic carbocycles. The van der Waals surface area contributed by atoms with Gasteiger partial charge in [-0.3, -0.25) is 10.1 Å². The number of nitrogens with two attached hydrogens (primary N) is 1. The number of anilines is 1. The number of carbonyl (C=O) groups excluding carboxylic acids is 1. The van der Waals surface area contributed by atoms with Gasteiger partial charge in [0.1, 0.15) is 5.69 Å². The molecule has 0 fully saturated rings. The van der Waals surface area contributed by atoms with Crippen LogP contribution in [-0.2, 0) is 0 Å². The molecule has 0 spiro atoms. The van der Waals surface area contributed by atoms with Crippen LogP contribution < -0.4 is 11.1 Å². The molecule has 0 aliphatic heterocycles. The monoisotopic (exact) mass is 151 g/mol. The molecule has 0 saturated carbocycles. The predicted molar refractivity (Wildman–Crippen MR) is 36.3 cm³/mol. The minimum atomic E-state index is -0.653. The number of H-pyrrole nitrogens is 1. The number of rotatable bonds is 2. The lowest BCUT2D eigenvalue weighted by Gasteiger charge is -1.92. The van der Waals surface area contributed by atoms with Crippen molar-refractivity contribution < 1.29 is 4.79 Å². The van der Waals surface area contributed by atoms with E-state index in [1.165, 1.54) is 6.33 Å². The van der Waals surface area contributed by atoms with Crippen LogP contribution in [0.2, 0.25) is 0 Å². The first-order valence-electron chi connectivity index (χ1n) is 2.74. The minimum absolute atomic E-state index is 0.103. The summed E-state index contributed by atoms with van der Waals surface area (Å²) >= 11 is 0. The quantitative estimate of drug-likeness (QED) is 0.387. The van der Waals surface area contributed by atoms with Crippen molar-refractivity contribution in [2.45, 2.75) is 0 Å². The van der Waals surface area contributed by atoms with Gasteiger partial charge in [-0.2, -0.15) is 5.26 Å². The van der Waals surface area contributed by atoms with Gasteiger partial charge in [-0.15, -0.1) is 0 Å². The number of carbonyl (C=O) groups is 1. The molecule has 0 bridgehead atoms. The van der Waals surface area contributed by atoms with E-state index in [2.05, 4.69) is 15.3 Å². The minimum Gasteiger partial charge on any atom is -0.364 e. The van der Waals surface area contributed by atoms with E-state index in [1.807, 2.05) is 0 Å². The maximum absolute atomic E-state index is 10.6. The standard InChI is InChI=1S/C5H5N5O/c6-1-8-5-3(4(7)11)9-2-10-5/h2,8H,(H2,7,11)(H,9,10). The number of nitrogens with zero attached hydrogens (tertiary/aromatic N) is 2. The molecular weight excluding hydrogens is 146 g/mol. The smallest absolute Gasteiger partial charge is 0.269 e. The topological polar surface area (TPSA) is 108 Å². The highest BCUT2D eigenvalue weighted by Gasteiger charge is 2.09. The fourth-order valence-corrected chi connectivity index (χ4v) is 0.630. The average Bonchev–Trinajstić information content (AvgIpc) is 2.36. The summed E-state index contributed by atoms with van der Waals surface area (Å²) in [5.41, 5.74) is 5.03. The van der Waals surface area contributed by atoms with Crippen LogP contribution in [0.1, 0.15) is 10.5 Å². The highest BCUT2D eigenvalue weighted by molar-refractivity contribution is 5.95. The predicted octanol–water partition coefficient (Wildman–Crippen LogP) is -0.598. The van der Waals surface area contributed by atoms with Gasteiger partial charge in [0.05, 0.1) is 6.33 Å². The van der Waals surface area contributed by atoms with Crippen molar-refractivity contribution in [1.29, 1.82) is 5.26 Å². The van der Waals surface area contributed by atoms with E-state index in [4.69, 9.17) is 11.0 Å². The van der Waals surface area contributed by atoms with E-state index >= 15 is 0 Å². The Hall–Kier alpha value is -2.03. The lowest BCUT2D eigenvalue weighted by atomic mass is 10.4. The fourth-order valence-electron chi connectivity index (χ4n) is 0.630. The van der Waals surface area contributed by atoms with Crippen molar-refractivity contribution in [3.8, 4) is 6.19 Å². The Morgan fingerprint density at radius 1 is 1.91 bits per heavy atom. The first kappa shape index (κ1) is 7.08. The largest absolute Gasteiger partial charge is 0.364 e. The van der Waals surface area contributed by atoms with Gasteiger partial charge in [-0.05, 0) is 0 Å². The third-order valence-corrected chi connectivity index (χ3v) is 1.06. The molecule has 6 nitrogen and oxygen atoms in total. The highest BCUT2D eigenvalue weighted by Crippen LogP contribution is 2.06. The maximum atomic E-state index is 10.6. The highest BCUT2D eigenvalue weighted by atomic mass is 16.1. The van der Waals surface area contributed by atoms with E-state index in [1.54, 1.807) is 6.19 Å². The zero-order chi connectivity index (χ0) is 8.27. The summed E-state index contributed by atoms with van der Waals surface area (Å²) in [5, 5.41) is 10.4. The molecule has 1 aromatic rings. The molecule has 0 saturated heterocycles. The van der Waals surface area contributed by atoms with E-state index < -0.39 is 5.91 Å². The summed E-state index contributed by atoms with van der Waals surface area (Å²) in [5.74, 6) is -0.500. The summed E-state index contributed by atoms with van der Waals surface area (Å²) < 4.78 is 0. The third-order valence-electron chi connectivity index (χ3n) is 1.06. The molecular formula is C5H5N5O. The summed E-state index contributed by atoms with van der Waals surface area (Å²) in [6.45, 7) is 0. The van der Waals surface area contributed by atoms with Gasteiger partial charge < -0.3 is 10.7 Å². The van der Waals surface area contributed by atoms with Crippen molar-refractivity contribution >= 4 is 11.7 Å². The summed E-state index contributed by atoms with van der Waals surface area (Å²) in [7, 11) is 0. The number of nitriles is 1. The molecule has 11 heavy (non-hydrogen) atoms. The van der Waals surface area contributed by atoms with Gasteiger partial charge in [0.15, 0.2) is 12.0 Å². The molecule has 0 atom stereocenters. The number of nitrogens with one attached hydrogen (secondary N) is 2. The van der Waals surface area contributed by atoms with Gasteiger partial charge in [-0.1, -0.05) is 0 Å². The number of hydrogen-bond donors (Lipinski definition) is 3. The molecule has 4 N–H and O–H groups in total. The molecule has 0 radical (unpaired) electrons. The van der Waals surface area contributed by atoms with Gasteiger partial charge >= 0.3 is 0 Å². The Bertz CT molecular complexity index is 309. The van der Waals surface area contributed by atoms with Crippen LogP contribution in [0.5, 0.6) is 0 Å². The summed E-state index contributed by atoms with van der Waals surface area (Å²) in [4.78, 5) is 16.7. The molecule has 1 rings (SSSR count). The number of primary amides is 1. The van der Waals surface area contributed by atoms with Crippen molar-refractivity contribution in [3.63, 3.8) is 0 Å². The van der Waals surface area contributed by atoms with E-state index in [-0.39, 0.29) is 11.5 Å². The van der Waals surface area contributed by atoms with Crippen LogP contribution >= 0.6 is 0 Å². The van der Waals surface area contributed by atoms with E-state index in [0.717, 1.165) is 0 Å². The van der Waals surface area contributed by atoms with Gasteiger partial charge in [0.25, 0.3) is 5.91 Å². The molecule has 1 aromatic heterocycles. The van der Waals surface area contributed by atoms with Gasteiger partial charge in [0, 0.05) is 0 Å². The second-order valence-electron chi connectivity index (χ2n) is 1.73. The summed E-state index contributed by atoms with van der Waals surface area (Å²) in [6, 6.07) is 0. The second-order valence-corrected chi connectivity index (χ2v) is 1.73. The molecule has 6 heteroatoms. The maximum Gasteiger partial charge on any atom is 0.269 e. The number of aromatic nitrogens is 2. The molecule has 1 heterocycles. The molecule has 0 aliphatic rings. The molecule has 1 amide bonds. The number of hydrogen-bond acceptors (Lipinski definition) is 4. The fraction of sp³-hybridized carbons (Fsp3) is 0. The Labute approximate surface area is 62.0 Å². The second kappa shape index (κ2) is 2.70. The van der Waals surface area contributed by atoms with Crippen LogP contribution in [0.25, 0.3) is 0 Å². The number of aromatic amines is 1. The van der Waals surface area contributed by atoms with Crippen molar-refractivity contribution in [1.82, 2.24) is 9.97 Å². The van der Waals surface area contributed by atoms with Crippen LogP contribution in [-0.4, -0.2) is 15.9 Å². The first-order valence-corrected chi connectivity index (χ1v) is 2.74. The number of amides is 1. The lowest BCUT2D eigenvalue weighted by Crippen LogP contribution is -2.13. The van der Waals surface area contributed by atoms with Crippen LogP contribution in [0.15, 0.2) is 6.33 Å². The molecule has 56 valence electrons. The van der Waals surface area contributed by atoms with Crippen LogP contribution in [0.4, 0.5) is 5.82 Å². The SMILES string of the molecule is N#CNc1nc[nH]c1C(N)=O.